The Bertz CT molecular complexity index is 1120. The summed E-state index contributed by atoms with van der Waals surface area (Å²) in [6, 6.07) is 8.77. The number of rotatable bonds is 5. The Morgan fingerprint density at radius 1 is 1.20 bits per heavy atom. The van der Waals surface area contributed by atoms with Crippen molar-refractivity contribution in [2.75, 3.05) is 11.9 Å². The van der Waals surface area contributed by atoms with E-state index in [9.17, 15) is 24.5 Å². The van der Waals surface area contributed by atoms with Gasteiger partial charge in [-0.3, -0.25) is 29.4 Å². The smallest absolute Gasteiger partial charge is 0.294 e. The molecule has 12 heteroatoms. The monoisotopic (exact) mass is 529 g/mol. The maximum absolute atomic E-state index is 12.5. The summed E-state index contributed by atoms with van der Waals surface area (Å²) in [5.74, 6) is -1.26. The van der Waals surface area contributed by atoms with Crippen molar-refractivity contribution < 1.29 is 19.3 Å². The maximum atomic E-state index is 12.5. The topological polar surface area (TPSA) is 110 Å². The number of halogens is 3. The van der Waals surface area contributed by atoms with Crippen LogP contribution in [-0.2, 0) is 9.59 Å². The highest BCUT2D eigenvalue weighted by Crippen LogP contribution is 2.34. The third-order valence-electron chi connectivity index (χ3n) is 3.84. The molecule has 8 nitrogen and oxygen atoms in total. The zero-order valence-electron chi connectivity index (χ0n) is 14.7. The zero-order valence-corrected chi connectivity index (χ0v) is 18.6. The predicted octanol–water partition coefficient (Wildman–Crippen LogP) is 5.34. The molecular weight excluding hydrogens is 521 g/mol. The third kappa shape index (κ3) is 5.01. The first-order valence-corrected chi connectivity index (χ1v) is 10.5. The Balaban J connectivity index is 1.73. The Kier molecular flexibility index (Phi) is 6.81. The number of nitrogens with one attached hydrogen (secondary N) is 1. The summed E-state index contributed by atoms with van der Waals surface area (Å²) in [5.41, 5.74) is 0.409. The van der Waals surface area contributed by atoms with Crippen molar-refractivity contribution in [3.05, 3.63) is 71.5 Å². The number of benzene rings is 2. The van der Waals surface area contributed by atoms with Crippen LogP contribution in [0, 0.1) is 10.1 Å². The molecule has 3 rings (SSSR count). The summed E-state index contributed by atoms with van der Waals surface area (Å²) in [7, 11) is 0. The Morgan fingerprint density at radius 2 is 1.93 bits per heavy atom. The van der Waals surface area contributed by atoms with Crippen LogP contribution in [0.2, 0.25) is 10.0 Å². The minimum absolute atomic E-state index is 0.0381. The van der Waals surface area contributed by atoms with Gasteiger partial charge in [-0.25, -0.2) is 0 Å². The van der Waals surface area contributed by atoms with Crippen LogP contribution >= 0.6 is 50.9 Å². The number of carbonyl (C=O) groups excluding carboxylic acids is 3. The summed E-state index contributed by atoms with van der Waals surface area (Å²) in [5, 5.41) is 13.3. The minimum atomic E-state index is -0.674. The average Bonchev–Trinajstić information content (AvgIpc) is 2.93. The van der Waals surface area contributed by atoms with E-state index in [1.807, 2.05) is 0 Å². The number of carbonyl (C=O) groups is 3. The van der Waals surface area contributed by atoms with Gasteiger partial charge in [0.1, 0.15) is 11.6 Å². The molecule has 0 unspecified atom stereocenters. The number of nitro groups is 1. The molecule has 0 saturated carbocycles. The zero-order chi connectivity index (χ0) is 22.0. The average molecular weight is 531 g/mol. The summed E-state index contributed by atoms with van der Waals surface area (Å²) >= 11 is 15.6. The van der Waals surface area contributed by atoms with E-state index in [0.717, 1.165) is 4.90 Å². The van der Waals surface area contributed by atoms with Gasteiger partial charge < -0.3 is 5.32 Å². The van der Waals surface area contributed by atoms with Crippen molar-refractivity contribution in [2.24, 2.45) is 0 Å². The lowest BCUT2D eigenvalue weighted by atomic mass is 10.2. The summed E-state index contributed by atoms with van der Waals surface area (Å²) in [6.45, 7) is -0.490. The standard InChI is InChI=1S/C18H10BrCl2N3O5S/c19-11-3-2-10(7-13(11)21)22-16(25)8-23-17(26)15(30-18(23)27)6-9-1-4-12(20)14(5-9)24(28)29/h1-7H,8H2,(H,22,25)/b15-6-. The highest BCUT2D eigenvalue weighted by molar-refractivity contribution is 9.10. The van der Waals surface area contributed by atoms with Gasteiger partial charge in [-0.1, -0.05) is 29.3 Å². The first-order chi connectivity index (χ1) is 14.2. The molecule has 0 bridgehead atoms. The molecule has 1 aliphatic heterocycles. The molecule has 0 radical (unpaired) electrons. The number of anilines is 1. The molecule has 1 aliphatic rings. The first kappa shape index (κ1) is 22.3. The number of nitrogens with zero attached hydrogens (tertiary/aromatic N) is 2. The lowest BCUT2D eigenvalue weighted by Crippen LogP contribution is -2.36. The van der Waals surface area contributed by atoms with Crippen LogP contribution in [0.15, 0.2) is 45.8 Å². The number of hydrogen-bond donors (Lipinski definition) is 1. The van der Waals surface area contributed by atoms with E-state index in [0.29, 0.717) is 32.5 Å². The van der Waals surface area contributed by atoms with Crippen molar-refractivity contribution in [2.45, 2.75) is 0 Å². The minimum Gasteiger partial charge on any atom is -0.324 e. The Morgan fingerprint density at radius 3 is 2.60 bits per heavy atom. The number of thioether (sulfide) groups is 1. The number of amides is 3. The second-order valence-electron chi connectivity index (χ2n) is 5.91. The summed E-state index contributed by atoms with van der Waals surface area (Å²) < 4.78 is 0.653. The molecule has 0 aliphatic carbocycles. The Hall–Kier alpha value is -2.40. The molecule has 1 fully saturated rings. The predicted molar refractivity (Wildman–Crippen MR) is 119 cm³/mol. The molecule has 1 heterocycles. The normalized spacial score (nSPS) is 15.0. The fourth-order valence-corrected chi connectivity index (χ4v) is 3.92. The van der Waals surface area contributed by atoms with E-state index >= 15 is 0 Å². The van der Waals surface area contributed by atoms with Crippen molar-refractivity contribution >= 4 is 85.4 Å². The van der Waals surface area contributed by atoms with Crippen molar-refractivity contribution in [3.63, 3.8) is 0 Å². The van der Waals surface area contributed by atoms with Crippen molar-refractivity contribution in [3.8, 4) is 0 Å². The molecule has 2 aromatic carbocycles. The van der Waals surface area contributed by atoms with Gasteiger partial charge >= 0.3 is 0 Å². The van der Waals surface area contributed by atoms with E-state index in [2.05, 4.69) is 21.2 Å². The van der Waals surface area contributed by atoms with Gasteiger partial charge in [0, 0.05) is 16.2 Å². The molecule has 1 saturated heterocycles. The molecule has 0 aromatic heterocycles. The molecule has 0 atom stereocenters. The number of imide groups is 1. The van der Waals surface area contributed by atoms with Crippen LogP contribution in [-0.4, -0.2) is 33.4 Å². The van der Waals surface area contributed by atoms with Crippen LogP contribution in [0.25, 0.3) is 6.08 Å². The van der Waals surface area contributed by atoms with E-state index in [1.165, 1.54) is 30.3 Å². The largest absolute Gasteiger partial charge is 0.324 e. The number of hydrogen-bond acceptors (Lipinski definition) is 6. The van der Waals surface area contributed by atoms with Gasteiger partial charge in [-0.15, -0.1) is 0 Å². The quantitative estimate of drug-likeness (QED) is 0.317. The van der Waals surface area contributed by atoms with Gasteiger partial charge in [0.05, 0.1) is 14.9 Å². The lowest BCUT2D eigenvalue weighted by molar-refractivity contribution is -0.384. The SMILES string of the molecule is O=C(CN1C(=O)S/C(=C\c2ccc(Cl)c([N+](=O)[O-])c2)C1=O)Nc1ccc(Br)c(Cl)c1. The molecule has 2 aromatic rings. The van der Waals surface area contributed by atoms with E-state index in [-0.39, 0.29) is 15.6 Å². The molecule has 0 spiro atoms. The van der Waals surface area contributed by atoms with Gasteiger partial charge in [0.2, 0.25) is 5.91 Å². The highest BCUT2D eigenvalue weighted by atomic mass is 79.9. The van der Waals surface area contributed by atoms with Gasteiger partial charge in [-0.05, 0) is 63.6 Å². The Labute approximate surface area is 192 Å². The molecule has 1 N–H and O–H groups in total. The number of nitro benzene ring substituents is 1. The summed E-state index contributed by atoms with van der Waals surface area (Å²) in [4.78, 5) is 48.2. The van der Waals surface area contributed by atoms with Crippen LogP contribution in [0.1, 0.15) is 5.56 Å². The van der Waals surface area contributed by atoms with Crippen LogP contribution < -0.4 is 5.32 Å². The van der Waals surface area contributed by atoms with Crippen LogP contribution in [0.4, 0.5) is 16.2 Å². The molecule has 30 heavy (non-hydrogen) atoms. The first-order valence-electron chi connectivity index (χ1n) is 8.10. The second kappa shape index (κ2) is 9.17. The fourth-order valence-electron chi connectivity index (χ4n) is 2.47. The van der Waals surface area contributed by atoms with Crippen molar-refractivity contribution in [1.29, 1.82) is 0 Å². The van der Waals surface area contributed by atoms with Gasteiger partial charge in [0.15, 0.2) is 0 Å². The van der Waals surface area contributed by atoms with E-state index < -0.39 is 28.5 Å². The van der Waals surface area contributed by atoms with Crippen molar-refractivity contribution in [1.82, 2.24) is 4.90 Å². The lowest BCUT2D eigenvalue weighted by Gasteiger charge is -2.12. The van der Waals surface area contributed by atoms with Gasteiger partial charge in [0.25, 0.3) is 16.8 Å². The van der Waals surface area contributed by atoms with E-state index in [4.69, 9.17) is 23.2 Å². The molecule has 3 amide bonds. The molecular formula is C18H10BrCl2N3O5S. The third-order valence-corrected chi connectivity index (χ3v) is 6.30. The van der Waals surface area contributed by atoms with Crippen LogP contribution in [0.5, 0.6) is 0 Å². The highest BCUT2D eigenvalue weighted by Gasteiger charge is 2.36. The van der Waals surface area contributed by atoms with Gasteiger partial charge in [-0.2, -0.15) is 0 Å². The summed E-state index contributed by atoms with van der Waals surface area (Å²) in [6.07, 6.45) is 1.33. The second-order valence-corrected chi connectivity index (χ2v) is 8.57. The maximum Gasteiger partial charge on any atom is 0.294 e. The molecule has 154 valence electrons. The fraction of sp³-hybridized carbons (Fsp3) is 0.0556. The van der Waals surface area contributed by atoms with Crippen LogP contribution in [0.3, 0.4) is 0 Å². The van der Waals surface area contributed by atoms with E-state index in [1.54, 1.807) is 12.1 Å².